The SMILES string of the molecule is CCCNCC1(CN(CC)CC2CC2)CCC(C)CC1. The van der Waals surface area contributed by atoms with Crippen LogP contribution in [0.25, 0.3) is 0 Å². The van der Waals surface area contributed by atoms with Gasteiger partial charge >= 0.3 is 0 Å². The van der Waals surface area contributed by atoms with Crippen molar-refractivity contribution in [1.82, 2.24) is 10.2 Å². The van der Waals surface area contributed by atoms with Crippen LogP contribution in [0.2, 0.25) is 0 Å². The van der Waals surface area contributed by atoms with Crippen LogP contribution in [0.1, 0.15) is 65.7 Å². The van der Waals surface area contributed by atoms with Crippen molar-refractivity contribution in [2.45, 2.75) is 65.7 Å². The van der Waals surface area contributed by atoms with Gasteiger partial charge in [-0.2, -0.15) is 0 Å². The molecule has 2 rings (SSSR count). The second-order valence-corrected chi connectivity index (χ2v) is 7.63. The van der Waals surface area contributed by atoms with Crippen LogP contribution in [-0.2, 0) is 0 Å². The highest BCUT2D eigenvalue weighted by atomic mass is 15.1. The molecule has 2 saturated carbocycles. The first-order valence-electron chi connectivity index (χ1n) is 9.10. The third-order valence-corrected chi connectivity index (χ3v) is 5.48. The van der Waals surface area contributed by atoms with Crippen LogP contribution in [0.15, 0.2) is 0 Å². The van der Waals surface area contributed by atoms with Crippen molar-refractivity contribution in [3.63, 3.8) is 0 Å². The van der Waals surface area contributed by atoms with Crippen LogP contribution in [0.5, 0.6) is 0 Å². The van der Waals surface area contributed by atoms with E-state index in [2.05, 4.69) is 31.0 Å². The van der Waals surface area contributed by atoms with Crippen molar-refractivity contribution in [1.29, 1.82) is 0 Å². The van der Waals surface area contributed by atoms with Crippen LogP contribution in [0.4, 0.5) is 0 Å². The zero-order chi connectivity index (χ0) is 14.4. The van der Waals surface area contributed by atoms with Gasteiger partial charge in [-0.1, -0.05) is 33.6 Å². The van der Waals surface area contributed by atoms with Gasteiger partial charge in [-0.25, -0.2) is 0 Å². The van der Waals surface area contributed by atoms with Gasteiger partial charge in [-0.3, -0.25) is 0 Å². The van der Waals surface area contributed by atoms with Crippen LogP contribution in [-0.4, -0.2) is 37.6 Å². The smallest absolute Gasteiger partial charge is 0.00501 e. The van der Waals surface area contributed by atoms with Gasteiger partial charge in [0.1, 0.15) is 0 Å². The minimum absolute atomic E-state index is 0.562. The average Bonchev–Trinajstić information content (AvgIpc) is 3.26. The van der Waals surface area contributed by atoms with E-state index in [0.29, 0.717) is 5.41 Å². The number of hydrogen-bond acceptors (Lipinski definition) is 2. The molecule has 0 amide bonds. The summed E-state index contributed by atoms with van der Waals surface area (Å²) in [6, 6.07) is 0. The molecule has 0 aromatic rings. The van der Waals surface area contributed by atoms with Crippen LogP contribution in [0, 0.1) is 17.3 Å². The molecule has 0 aromatic heterocycles. The molecule has 0 bridgehead atoms. The molecule has 118 valence electrons. The Bertz CT molecular complexity index is 265. The first-order valence-corrected chi connectivity index (χ1v) is 9.10. The lowest BCUT2D eigenvalue weighted by Crippen LogP contribution is -2.46. The molecule has 0 unspecified atom stereocenters. The molecule has 2 aliphatic carbocycles. The minimum Gasteiger partial charge on any atom is -0.316 e. The molecular formula is C18H36N2. The Morgan fingerprint density at radius 3 is 2.35 bits per heavy atom. The summed E-state index contributed by atoms with van der Waals surface area (Å²) in [6.45, 7) is 13.4. The van der Waals surface area contributed by atoms with E-state index in [1.54, 1.807) is 0 Å². The summed E-state index contributed by atoms with van der Waals surface area (Å²) in [5.41, 5.74) is 0.562. The first-order chi connectivity index (χ1) is 9.67. The summed E-state index contributed by atoms with van der Waals surface area (Å²) >= 11 is 0. The van der Waals surface area contributed by atoms with Crippen molar-refractivity contribution in [3.05, 3.63) is 0 Å². The molecule has 0 spiro atoms. The van der Waals surface area contributed by atoms with Crippen molar-refractivity contribution < 1.29 is 0 Å². The van der Waals surface area contributed by atoms with E-state index in [0.717, 1.165) is 11.8 Å². The molecule has 1 N–H and O–H groups in total. The lowest BCUT2D eigenvalue weighted by molar-refractivity contribution is 0.0866. The fourth-order valence-corrected chi connectivity index (χ4v) is 3.74. The van der Waals surface area contributed by atoms with E-state index in [-0.39, 0.29) is 0 Å². The summed E-state index contributed by atoms with van der Waals surface area (Å²) in [6.07, 6.45) is 9.97. The number of hydrogen-bond donors (Lipinski definition) is 1. The van der Waals surface area contributed by atoms with Gasteiger partial charge in [-0.15, -0.1) is 0 Å². The Labute approximate surface area is 126 Å². The highest BCUT2D eigenvalue weighted by molar-refractivity contribution is 4.90. The second-order valence-electron chi connectivity index (χ2n) is 7.63. The van der Waals surface area contributed by atoms with Gasteiger partial charge in [-0.05, 0) is 62.4 Å². The Morgan fingerprint density at radius 1 is 1.10 bits per heavy atom. The quantitative estimate of drug-likeness (QED) is 0.644. The van der Waals surface area contributed by atoms with Crippen molar-refractivity contribution in [2.24, 2.45) is 17.3 Å². The zero-order valence-corrected chi connectivity index (χ0v) is 14.1. The van der Waals surface area contributed by atoms with Gasteiger partial charge in [0.05, 0.1) is 0 Å². The maximum absolute atomic E-state index is 3.73. The summed E-state index contributed by atoms with van der Waals surface area (Å²) in [7, 11) is 0. The van der Waals surface area contributed by atoms with Crippen molar-refractivity contribution in [2.75, 3.05) is 32.7 Å². The Balaban J connectivity index is 1.89. The minimum atomic E-state index is 0.562. The summed E-state index contributed by atoms with van der Waals surface area (Å²) in [5, 5.41) is 3.73. The van der Waals surface area contributed by atoms with E-state index < -0.39 is 0 Å². The molecular weight excluding hydrogens is 244 g/mol. The van der Waals surface area contributed by atoms with Gasteiger partial charge in [0.2, 0.25) is 0 Å². The van der Waals surface area contributed by atoms with Crippen molar-refractivity contribution in [3.8, 4) is 0 Å². The maximum Gasteiger partial charge on any atom is 0.00501 e. The van der Waals surface area contributed by atoms with E-state index in [1.807, 2.05) is 0 Å². The van der Waals surface area contributed by atoms with Gasteiger partial charge in [0, 0.05) is 19.6 Å². The largest absolute Gasteiger partial charge is 0.316 e. The molecule has 2 heteroatoms. The number of nitrogens with one attached hydrogen (secondary N) is 1. The maximum atomic E-state index is 3.73. The fraction of sp³-hybridized carbons (Fsp3) is 1.00. The van der Waals surface area contributed by atoms with Gasteiger partial charge in [0.25, 0.3) is 0 Å². The summed E-state index contributed by atoms with van der Waals surface area (Å²) < 4.78 is 0. The predicted molar refractivity (Wildman–Crippen MR) is 88.1 cm³/mol. The summed E-state index contributed by atoms with van der Waals surface area (Å²) in [5.74, 6) is 1.98. The lowest BCUT2D eigenvalue weighted by Gasteiger charge is -2.43. The number of rotatable bonds is 9. The van der Waals surface area contributed by atoms with Gasteiger partial charge < -0.3 is 10.2 Å². The molecule has 0 heterocycles. The predicted octanol–water partition coefficient (Wildman–Crippen LogP) is 3.91. The Hall–Kier alpha value is -0.0800. The van der Waals surface area contributed by atoms with E-state index >= 15 is 0 Å². The van der Waals surface area contributed by atoms with E-state index in [4.69, 9.17) is 0 Å². The summed E-state index contributed by atoms with van der Waals surface area (Å²) in [4.78, 5) is 2.75. The highest BCUT2D eigenvalue weighted by Crippen LogP contribution is 2.40. The van der Waals surface area contributed by atoms with Crippen LogP contribution >= 0.6 is 0 Å². The highest BCUT2D eigenvalue weighted by Gasteiger charge is 2.36. The molecule has 2 nitrogen and oxygen atoms in total. The molecule has 20 heavy (non-hydrogen) atoms. The second kappa shape index (κ2) is 7.79. The topological polar surface area (TPSA) is 15.3 Å². The zero-order valence-electron chi connectivity index (χ0n) is 14.1. The average molecular weight is 280 g/mol. The lowest BCUT2D eigenvalue weighted by atomic mass is 9.70. The van der Waals surface area contributed by atoms with E-state index in [1.165, 1.54) is 77.7 Å². The van der Waals surface area contributed by atoms with E-state index in [9.17, 15) is 0 Å². The molecule has 0 aliphatic heterocycles. The Kier molecular flexibility index (Phi) is 6.35. The van der Waals surface area contributed by atoms with Crippen LogP contribution in [0.3, 0.4) is 0 Å². The van der Waals surface area contributed by atoms with Crippen molar-refractivity contribution >= 4 is 0 Å². The molecule has 0 saturated heterocycles. The van der Waals surface area contributed by atoms with Gasteiger partial charge in [0.15, 0.2) is 0 Å². The molecule has 2 fully saturated rings. The fourth-order valence-electron chi connectivity index (χ4n) is 3.74. The molecule has 0 aromatic carbocycles. The molecule has 0 radical (unpaired) electrons. The standard InChI is InChI=1S/C18H36N2/c1-4-12-19-14-18(10-8-16(3)9-11-18)15-20(5-2)13-17-6-7-17/h16-17,19H,4-15H2,1-3H3. The number of nitrogens with zero attached hydrogens (tertiary/aromatic N) is 1. The first kappa shape index (κ1) is 16.3. The Morgan fingerprint density at radius 2 is 1.80 bits per heavy atom. The normalized spacial score (nSPS) is 30.9. The van der Waals surface area contributed by atoms with Crippen LogP contribution < -0.4 is 5.32 Å². The molecule has 2 aliphatic rings. The third-order valence-electron chi connectivity index (χ3n) is 5.48. The monoisotopic (exact) mass is 280 g/mol. The third kappa shape index (κ3) is 5.04. The molecule has 0 atom stereocenters.